The summed E-state index contributed by atoms with van der Waals surface area (Å²) in [6.45, 7) is 4.76. The molecule has 1 nitrogen and oxygen atoms in total. The summed E-state index contributed by atoms with van der Waals surface area (Å²) >= 11 is 0. The molecule has 0 amide bonds. The van der Waals surface area contributed by atoms with Crippen molar-refractivity contribution in [3.05, 3.63) is 151 Å². The molecule has 6 aromatic rings. The van der Waals surface area contributed by atoms with E-state index in [2.05, 4.69) is 140 Å². The molecule has 186 valence electrons. The summed E-state index contributed by atoms with van der Waals surface area (Å²) in [7, 11) is 0. The second-order valence-corrected chi connectivity index (χ2v) is 10.8. The van der Waals surface area contributed by atoms with Crippen molar-refractivity contribution in [1.29, 1.82) is 0 Å². The summed E-state index contributed by atoms with van der Waals surface area (Å²) in [5.74, 6) is 0. The maximum atomic E-state index is 4.28. The lowest BCUT2D eigenvalue weighted by Crippen LogP contribution is -2.17. The molecule has 1 aliphatic carbocycles. The topological polar surface area (TPSA) is 12.9 Å². The predicted octanol–water partition coefficient (Wildman–Crippen LogP) is 10.1. The molecule has 0 saturated heterocycles. The van der Waals surface area contributed by atoms with E-state index >= 15 is 0 Å². The molecule has 39 heavy (non-hydrogen) atoms. The minimum atomic E-state index is -0.141. The summed E-state index contributed by atoms with van der Waals surface area (Å²) < 4.78 is 0. The molecule has 0 saturated carbocycles. The zero-order chi connectivity index (χ0) is 26.4. The Kier molecular flexibility index (Phi) is 5.52. The summed E-state index contributed by atoms with van der Waals surface area (Å²) in [5.41, 5.74) is 15.3. The van der Waals surface area contributed by atoms with Gasteiger partial charge < -0.3 is 0 Å². The first-order chi connectivity index (χ1) is 19.1. The Morgan fingerprint density at radius 3 is 1.33 bits per heavy atom. The molecule has 0 spiro atoms. The molecular weight excluding hydrogens is 470 g/mol. The Morgan fingerprint density at radius 1 is 0.385 bits per heavy atom. The molecule has 5 aromatic carbocycles. The van der Waals surface area contributed by atoms with Gasteiger partial charge in [0.25, 0.3) is 0 Å². The van der Waals surface area contributed by atoms with Crippen molar-refractivity contribution >= 4 is 0 Å². The number of aromatic nitrogens is 1. The summed E-state index contributed by atoms with van der Waals surface area (Å²) in [6, 6.07) is 46.2. The fraction of sp³-hybridized carbons (Fsp3) is 0.0789. The van der Waals surface area contributed by atoms with Gasteiger partial charge in [-0.05, 0) is 72.8 Å². The van der Waals surface area contributed by atoms with Gasteiger partial charge in [-0.3, -0.25) is 4.98 Å². The third kappa shape index (κ3) is 3.90. The molecular formula is C38H29N. The molecule has 1 aromatic heterocycles. The Hall–Kier alpha value is -4.75. The normalized spacial score (nSPS) is 13.1. The van der Waals surface area contributed by atoms with Crippen LogP contribution in [0.15, 0.2) is 140 Å². The number of pyridine rings is 1. The number of hydrogen-bond acceptors (Lipinski definition) is 1. The van der Waals surface area contributed by atoms with Gasteiger partial charge in [0.05, 0.1) is 0 Å². The number of nitrogens with zero attached hydrogens (tertiary/aromatic N) is 1. The minimum absolute atomic E-state index is 0.141. The van der Waals surface area contributed by atoms with Crippen LogP contribution in [0.1, 0.15) is 25.0 Å². The molecule has 0 unspecified atom stereocenters. The third-order valence-corrected chi connectivity index (χ3v) is 8.16. The first-order valence-corrected chi connectivity index (χ1v) is 13.6. The number of hydrogen-bond donors (Lipinski definition) is 0. The smallest absolute Gasteiger partial charge is 0.0346 e. The molecule has 1 heterocycles. The van der Waals surface area contributed by atoms with Crippen LogP contribution >= 0.6 is 0 Å². The quantitative estimate of drug-likeness (QED) is 0.235. The van der Waals surface area contributed by atoms with Crippen molar-refractivity contribution in [2.45, 2.75) is 19.3 Å². The second-order valence-electron chi connectivity index (χ2n) is 10.8. The van der Waals surface area contributed by atoms with E-state index in [9.17, 15) is 0 Å². The Balaban J connectivity index is 1.31. The van der Waals surface area contributed by atoms with Gasteiger partial charge in [-0.2, -0.15) is 0 Å². The van der Waals surface area contributed by atoms with Crippen molar-refractivity contribution in [2.75, 3.05) is 0 Å². The second kappa shape index (κ2) is 9.22. The van der Waals surface area contributed by atoms with Crippen LogP contribution in [0, 0.1) is 0 Å². The van der Waals surface area contributed by atoms with Crippen LogP contribution in [0.5, 0.6) is 0 Å². The summed E-state index contributed by atoms with van der Waals surface area (Å²) in [6.07, 6.45) is 3.74. The van der Waals surface area contributed by atoms with E-state index in [0.717, 1.165) is 5.56 Å². The van der Waals surface area contributed by atoms with Crippen molar-refractivity contribution in [1.82, 2.24) is 4.98 Å². The fourth-order valence-corrected chi connectivity index (χ4v) is 6.35. The van der Waals surface area contributed by atoms with E-state index in [-0.39, 0.29) is 5.41 Å². The SMILES string of the molecule is CC1(C)c2c(-c3ccc(-c4ccccc4)cc3)cccc2-c2cccc(-c3ccc(-c4cccnc4)cc3)c21. The third-order valence-electron chi connectivity index (χ3n) is 8.16. The molecule has 0 atom stereocenters. The number of fused-ring (bicyclic) bond motifs is 3. The molecule has 1 aliphatic rings. The lowest BCUT2D eigenvalue weighted by Gasteiger charge is -2.27. The monoisotopic (exact) mass is 499 g/mol. The van der Waals surface area contributed by atoms with E-state index in [1.807, 2.05) is 18.5 Å². The van der Waals surface area contributed by atoms with Gasteiger partial charge in [-0.15, -0.1) is 0 Å². The molecule has 1 heteroatoms. The molecule has 0 radical (unpaired) electrons. The van der Waals surface area contributed by atoms with Crippen LogP contribution in [0.2, 0.25) is 0 Å². The maximum absolute atomic E-state index is 4.28. The highest BCUT2D eigenvalue weighted by atomic mass is 14.6. The van der Waals surface area contributed by atoms with Crippen LogP contribution in [-0.4, -0.2) is 4.98 Å². The Labute approximate surface area is 230 Å². The first-order valence-electron chi connectivity index (χ1n) is 13.6. The zero-order valence-corrected chi connectivity index (χ0v) is 22.2. The van der Waals surface area contributed by atoms with Crippen molar-refractivity contribution in [2.24, 2.45) is 0 Å². The average molecular weight is 500 g/mol. The van der Waals surface area contributed by atoms with E-state index in [4.69, 9.17) is 0 Å². The first kappa shape index (κ1) is 23.4. The van der Waals surface area contributed by atoms with Crippen LogP contribution in [-0.2, 0) is 5.41 Å². The Morgan fingerprint density at radius 2 is 0.821 bits per heavy atom. The largest absolute Gasteiger partial charge is 0.264 e. The van der Waals surface area contributed by atoms with Gasteiger partial charge in [0.1, 0.15) is 0 Å². The maximum Gasteiger partial charge on any atom is 0.0346 e. The van der Waals surface area contributed by atoms with Crippen LogP contribution in [0.25, 0.3) is 55.6 Å². The van der Waals surface area contributed by atoms with E-state index in [1.54, 1.807) is 0 Å². The standard InChI is InChI=1S/C38H29N/c1-38(2)36-32(29-20-16-27(17-21-29)26-9-4-3-5-10-26)12-6-14-34(36)35-15-7-13-33(37(35)38)30-22-18-28(19-23-30)31-11-8-24-39-25-31/h3-25H,1-2H3. The zero-order valence-electron chi connectivity index (χ0n) is 22.2. The lowest BCUT2D eigenvalue weighted by atomic mass is 9.76. The predicted molar refractivity (Wildman–Crippen MR) is 164 cm³/mol. The fourth-order valence-electron chi connectivity index (χ4n) is 6.35. The summed E-state index contributed by atoms with van der Waals surface area (Å²) in [4.78, 5) is 4.28. The van der Waals surface area contributed by atoms with Gasteiger partial charge in [0, 0.05) is 17.8 Å². The van der Waals surface area contributed by atoms with Gasteiger partial charge in [0.15, 0.2) is 0 Å². The number of benzene rings is 5. The van der Waals surface area contributed by atoms with Crippen LogP contribution in [0.4, 0.5) is 0 Å². The molecule has 0 bridgehead atoms. The highest BCUT2D eigenvalue weighted by Crippen LogP contribution is 2.55. The molecule has 7 rings (SSSR count). The van der Waals surface area contributed by atoms with Gasteiger partial charge in [-0.1, -0.05) is 135 Å². The molecule has 0 fully saturated rings. The van der Waals surface area contributed by atoms with Crippen molar-refractivity contribution in [3.8, 4) is 55.6 Å². The van der Waals surface area contributed by atoms with E-state index < -0.39 is 0 Å². The number of rotatable bonds is 4. The van der Waals surface area contributed by atoms with E-state index in [1.165, 1.54) is 61.2 Å². The minimum Gasteiger partial charge on any atom is -0.264 e. The van der Waals surface area contributed by atoms with Gasteiger partial charge in [-0.25, -0.2) is 0 Å². The highest BCUT2D eigenvalue weighted by molar-refractivity contribution is 5.93. The van der Waals surface area contributed by atoms with Crippen molar-refractivity contribution < 1.29 is 0 Å². The highest BCUT2D eigenvalue weighted by Gasteiger charge is 2.39. The molecule has 0 aliphatic heterocycles. The molecule has 0 N–H and O–H groups in total. The summed E-state index contributed by atoms with van der Waals surface area (Å²) in [5, 5.41) is 0. The van der Waals surface area contributed by atoms with Gasteiger partial charge in [0.2, 0.25) is 0 Å². The van der Waals surface area contributed by atoms with Crippen LogP contribution < -0.4 is 0 Å². The lowest BCUT2D eigenvalue weighted by molar-refractivity contribution is 0.664. The Bertz CT molecular complexity index is 1640. The van der Waals surface area contributed by atoms with Gasteiger partial charge >= 0.3 is 0 Å². The average Bonchev–Trinajstić information content (AvgIpc) is 3.25. The van der Waals surface area contributed by atoms with E-state index in [0.29, 0.717) is 0 Å². The van der Waals surface area contributed by atoms with Crippen LogP contribution in [0.3, 0.4) is 0 Å². The van der Waals surface area contributed by atoms with Crippen molar-refractivity contribution in [3.63, 3.8) is 0 Å².